The van der Waals surface area contributed by atoms with Gasteiger partial charge in [-0.1, -0.05) is 30.0 Å². The summed E-state index contributed by atoms with van der Waals surface area (Å²) in [5.41, 5.74) is 10.6. The van der Waals surface area contributed by atoms with E-state index in [9.17, 15) is 0 Å². The van der Waals surface area contributed by atoms with Gasteiger partial charge >= 0.3 is 0 Å². The fourth-order valence-corrected chi connectivity index (χ4v) is 5.94. The predicted octanol–water partition coefficient (Wildman–Crippen LogP) is 6.24. The van der Waals surface area contributed by atoms with Crippen molar-refractivity contribution in [3.8, 4) is 11.5 Å². The number of nitrogens with zero attached hydrogens (tertiary/aromatic N) is 1. The van der Waals surface area contributed by atoms with Crippen molar-refractivity contribution in [3.05, 3.63) is 83.4 Å². The van der Waals surface area contributed by atoms with Gasteiger partial charge in [0.05, 0.1) is 19.7 Å². The molecule has 1 fully saturated rings. The highest BCUT2D eigenvalue weighted by atomic mass is 32.2. The largest absolute Gasteiger partial charge is 0.496 e. The van der Waals surface area contributed by atoms with Gasteiger partial charge < -0.3 is 25.3 Å². The number of nitrogens with one attached hydrogen (secondary N) is 1. The maximum Gasteiger partial charge on any atom is 0.127 e. The minimum atomic E-state index is 0.614. The number of ether oxygens (including phenoxy) is 3. The zero-order chi connectivity index (χ0) is 26.3. The van der Waals surface area contributed by atoms with Gasteiger partial charge in [-0.3, -0.25) is 0 Å². The van der Waals surface area contributed by atoms with Crippen molar-refractivity contribution in [3.63, 3.8) is 0 Å². The Labute approximate surface area is 228 Å². The lowest BCUT2D eigenvalue weighted by atomic mass is 9.92. The summed E-state index contributed by atoms with van der Waals surface area (Å²) in [6.45, 7) is 3.08. The highest BCUT2D eigenvalue weighted by molar-refractivity contribution is 7.99. The third kappa shape index (κ3) is 6.41. The minimum Gasteiger partial charge on any atom is -0.496 e. The molecule has 4 aromatic rings. The van der Waals surface area contributed by atoms with Crippen molar-refractivity contribution in [2.24, 2.45) is 5.92 Å². The number of nitrogens with two attached hydrogens (primary N) is 1. The molecule has 0 radical (unpaired) electrons. The van der Waals surface area contributed by atoms with E-state index in [1.165, 1.54) is 15.4 Å². The first-order chi connectivity index (χ1) is 18.6. The molecular weight excluding hydrogens is 494 g/mol. The standard InChI is InChI=1S/C31H35N3O3S/c1-35-29-7-4-8-30(36-2)27(29)20-33-19-22-5-3-6-25(16-22)38-26-9-10-28-23(18-26)17-24(31(32)34-28)15-21-11-13-37-14-12-21/h3-10,16-18,21,33H,11-15,19-20H2,1-2H3,(H2,32,34). The molecule has 1 aliphatic rings. The minimum absolute atomic E-state index is 0.614. The van der Waals surface area contributed by atoms with Crippen LogP contribution in [0.25, 0.3) is 10.9 Å². The van der Waals surface area contributed by atoms with Crippen LogP contribution in [0.1, 0.15) is 29.5 Å². The molecule has 198 valence electrons. The van der Waals surface area contributed by atoms with Gasteiger partial charge in [-0.15, -0.1) is 0 Å². The van der Waals surface area contributed by atoms with Crippen LogP contribution in [0, 0.1) is 5.92 Å². The molecule has 1 aromatic heterocycles. The van der Waals surface area contributed by atoms with E-state index in [1.54, 1.807) is 26.0 Å². The third-order valence-corrected chi connectivity index (χ3v) is 8.02. The summed E-state index contributed by atoms with van der Waals surface area (Å²) in [5.74, 6) is 2.91. The zero-order valence-electron chi connectivity index (χ0n) is 22.0. The van der Waals surface area contributed by atoms with Gasteiger partial charge in [-0.25, -0.2) is 4.98 Å². The van der Waals surface area contributed by atoms with Crippen LogP contribution in [-0.2, 0) is 24.2 Å². The van der Waals surface area contributed by atoms with Crippen LogP contribution < -0.4 is 20.5 Å². The number of fused-ring (bicyclic) bond motifs is 1. The smallest absolute Gasteiger partial charge is 0.127 e. The number of anilines is 1. The van der Waals surface area contributed by atoms with Crippen molar-refractivity contribution < 1.29 is 14.2 Å². The molecule has 3 N–H and O–H groups in total. The maximum absolute atomic E-state index is 6.32. The van der Waals surface area contributed by atoms with Crippen LogP contribution in [0.3, 0.4) is 0 Å². The van der Waals surface area contributed by atoms with Crippen LogP contribution in [0.4, 0.5) is 5.82 Å². The monoisotopic (exact) mass is 529 g/mol. The lowest BCUT2D eigenvalue weighted by Gasteiger charge is -2.22. The summed E-state index contributed by atoms with van der Waals surface area (Å²) in [5, 5.41) is 4.66. The van der Waals surface area contributed by atoms with Gasteiger partial charge in [0.15, 0.2) is 0 Å². The number of nitrogen functional groups attached to an aromatic ring is 1. The van der Waals surface area contributed by atoms with E-state index >= 15 is 0 Å². The van der Waals surface area contributed by atoms with Crippen LogP contribution in [0.15, 0.2) is 76.5 Å². The van der Waals surface area contributed by atoms with Gasteiger partial charge in [-0.05, 0) is 84.8 Å². The van der Waals surface area contributed by atoms with E-state index in [1.807, 2.05) is 18.2 Å². The number of hydrogen-bond acceptors (Lipinski definition) is 7. The summed E-state index contributed by atoms with van der Waals surface area (Å²) < 4.78 is 16.6. The van der Waals surface area contributed by atoms with Crippen molar-refractivity contribution in [2.75, 3.05) is 33.2 Å². The zero-order valence-corrected chi connectivity index (χ0v) is 22.9. The molecule has 0 amide bonds. The molecule has 0 atom stereocenters. The Morgan fingerprint density at radius 2 is 1.66 bits per heavy atom. The van der Waals surface area contributed by atoms with Crippen molar-refractivity contribution in [1.29, 1.82) is 0 Å². The molecule has 38 heavy (non-hydrogen) atoms. The summed E-state index contributed by atoms with van der Waals surface area (Å²) in [7, 11) is 3.37. The molecule has 6 nitrogen and oxygen atoms in total. The fraction of sp³-hybridized carbons (Fsp3) is 0.323. The van der Waals surface area contributed by atoms with E-state index < -0.39 is 0 Å². The van der Waals surface area contributed by atoms with E-state index in [0.717, 1.165) is 72.5 Å². The molecule has 7 heteroatoms. The van der Waals surface area contributed by atoms with Gasteiger partial charge in [0.25, 0.3) is 0 Å². The summed E-state index contributed by atoms with van der Waals surface area (Å²) in [4.78, 5) is 7.08. The quantitative estimate of drug-likeness (QED) is 0.252. The third-order valence-electron chi connectivity index (χ3n) is 7.04. The first-order valence-electron chi connectivity index (χ1n) is 13.1. The van der Waals surface area contributed by atoms with Crippen LogP contribution in [-0.4, -0.2) is 32.4 Å². The normalized spacial score (nSPS) is 14.1. The summed E-state index contributed by atoms with van der Waals surface area (Å²) in [6, 6.07) is 23.1. The Hall–Kier alpha value is -3.26. The van der Waals surface area contributed by atoms with Gasteiger partial charge in [-0.2, -0.15) is 0 Å². The van der Waals surface area contributed by atoms with Crippen molar-refractivity contribution >= 4 is 28.5 Å². The highest BCUT2D eigenvalue weighted by Crippen LogP contribution is 2.32. The molecule has 5 rings (SSSR count). The molecular formula is C31H35N3O3S. The SMILES string of the molecule is COc1cccc(OC)c1CNCc1cccc(Sc2ccc3nc(N)c(CC4CCOCC4)cc3c2)c1. The van der Waals surface area contributed by atoms with E-state index in [-0.39, 0.29) is 0 Å². The second-order valence-electron chi connectivity index (χ2n) is 9.64. The fourth-order valence-electron chi connectivity index (χ4n) is 4.99. The topological polar surface area (TPSA) is 78.6 Å². The predicted molar refractivity (Wildman–Crippen MR) is 154 cm³/mol. The number of aromatic nitrogens is 1. The second kappa shape index (κ2) is 12.5. The number of pyridine rings is 1. The highest BCUT2D eigenvalue weighted by Gasteiger charge is 2.17. The number of rotatable bonds is 10. The Morgan fingerprint density at radius 3 is 2.42 bits per heavy atom. The Balaban J connectivity index is 1.26. The van der Waals surface area contributed by atoms with Crippen LogP contribution >= 0.6 is 11.8 Å². The average Bonchev–Trinajstić information content (AvgIpc) is 2.94. The van der Waals surface area contributed by atoms with E-state index in [0.29, 0.717) is 18.3 Å². The van der Waals surface area contributed by atoms with Crippen molar-refractivity contribution in [1.82, 2.24) is 10.3 Å². The lowest BCUT2D eigenvalue weighted by Crippen LogP contribution is -2.18. The molecule has 1 saturated heterocycles. The lowest BCUT2D eigenvalue weighted by molar-refractivity contribution is 0.0666. The summed E-state index contributed by atoms with van der Waals surface area (Å²) >= 11 is 1.76. The van der Waals surface area contributed by atoms with Crippen LogP contribution in [0.5, 0.6) is 11.5 Å². The van der Waals surface area contributed by atoms with Crippen LogP contribution in [0.2, 0.25) is 0 Å². The Bertz CT molecular complexity index is 1370. The molecule has 2 heterocycles. The van der Waals surface area contributed by atoms with Crippen molar-refractivity contribution in [2.45, 2.75) is 42.1 Å². The molecule has 1 aliphatic heterocycles. The second-order valence-corrected chi connectivity index (χ2v) is 10.8. The van der Waals surface area contributed by atoms with Gasteiger partial charge in [0.2, 0.25) is 0 Å². The average molecular weight is 530 g/mol. The number of benzene rings is 3. The number of hydrogen-bond donors (Lipinski definition) is 2. The molecule has 3 aromatic carbocycles. The van der Waals surface area contributed by atoms with E-state index in [4.69, 9.17) is 24.9 Å². The first kappa shape index (κ1) is 26.4. The van der Waals surface area contributed by atoms with E-state index in [2.05, 4.69) is 53.8 Å². The molecule has 0 unspecified atom stereocenters. The molecule has 0 bridgehead atoms. The summed E-state index contributed by atoms with van der Waals surface area (Å²) in [6.07, 6.45) is 3.14. The van der Waals surface area contributed by atoms with Gasteiger partial charge in [0, 0.05) is 47.0 Å². The molecule has 0 saturated carbocycles. The Morgan fingerprint density at radius 1 is 0.921 bits per heavy atom. The van der Waals surface area contributed by atoms with Gasteiger partial charge in [0.1, 0.15) is 17.3 Å². The Kier molecular flexibility index (Phi) is 8.68. The molecule has 0 spiro atoms. The first-order valence-corrected chi connectivity index (χ1v) is 13.9. The maximum atomic E-state index is 6.32. The molecule has 0 aliphatic carbocycles. The number of methoxy groups -OCH3 is 2.